The molecule has 2 aromatic rings. The van der Waals surface area contributed by atoms with Crippen LogP contribution in [-0.2, 0) is 6.54 Å². The van der Waals surface area contributed by atoms with Crippen LogP contribution in [0.3, 0.4) is 0 Å². The van der Waals surface area contributed by atoms with Crippen molar-refractivity contribution in [3.8, 4) is 0 Å². The van der Waals surface area contributed by atoms with Gasteiger partial charge in [0.25, 0.3) is 0 Å². The van der Waals surface area contributed by atoms with E-state index >= 15 is 0 Å². The van der Waals surface area contributed by atoms with Gasteiger partial charge in [0.15, 0.2) is 17.5 Å². The van der Waals surface area contributed by atoms with Crippen LogP contribution in [0.4, 0.5) is 30.5 Å². The molecule has 2 heterocycles. The Labute approximate surface area is 152 Å². The van der Waals surface area contributed by atoms with E-state index in [0.29, 0.717) is 13.1 Å². The number of nitrogens with one attached hydrogen (secondary N) is 1. The second kappa shape index (κ2) is 7.74. The molecule has 0 spiro atoms. The van der Waals surface area contributed by atoms with Gasteiger partial charge in [0, 0.05) is 32.7 Å². The van der Waals surface area contributed by atoms with E-state index in [1.54, 1.807) is 4.90 Å². The van der Waals surface area contributed by atoms with E-state index < -0.39 is 22.4 Å². The van der Waals surface area contributed by atoms with Crippen molar-refractivity contribution in [2.75, 3.05) is 43.4 Å². The largest absolute Gasteiger partial charge is 0.360 e. The van der Waals surface area contributed by atoms with E-state index in [9.17, 15) is 23.3 Å². The molecule has 1 N–H and O–H groups in total. The summed E-state index contributed by atoms with van der Waals surface area (Å²) < 4.78 is 39.7. The van der Waals surface area contributed by atoms with Crippen LogP contribution in [-0.4, -0.2) is 53.0 Å². The summed E-state index contributed by atoms with van der Waals surface area (Å²) in [6.45, 7) is 2.44. The van der Waals surface area contributed by atoms with Gasteiger partial charge in [-0.2, -0.15) is 0 Å². The maximum atomic E-state index is 13.3. The van der Waals surface area contributed by atoms with Gasteiger partial charge in [-0.3, -0.25) is 10.1 Å². The summed E-state index contributed by atoms with van der Waals surface area (Å²) in [6.07, 6.45) is 1.19. The first-order valence-corrected chi connectivity index (χ1v) is 8.17. The number of piperazine rings is 1. The molecule has 27 heavy (non-hydrogen) atoms. The molecule has 1 aliphatic rings. The highest BCUT2D eigenvalue weighted by Gasteiger charge is 2.28. The number of nitro groups is 1. The van der Waals surface area contributed by atoms with E-state index in [-0.39, 0.29) is 29.4 Å². The van der Waals surface area contributed by atoms with Crippen LogP contribution in [0, 0.1) is 27.6 Å². The smallest absolute Gasteiger partial charge is 0.353 e. The molecule has 1 aliphatic heterocycles. The lowest BCUT2D eigenvalue weighted by molar-refractivity contribution is -0.383. The molecule has 0 aliphatic carbocycles. The molecule has 8 nitrogen and oxygen atoms in total. The third-order valence-corrected chi connectivity index (χ3v) is 4.29. The molecule has 1 fully saturated rings. The highest BCUT2D eigenvalue weighted by atomic mass is 19.2. The van der Waals surface area contributed by atoms with Crippen molar-refractivity contribution in [3.05, 3.63) is 51.6 Å². The monoisotopic (exact) mass is 382 g/mol. The molecule has 144 valence electrons. The lowest BCUT2D eigenvalue weighted by atomic mass is 10.2. The van der Waals surface area contributed by atoms with Crippen LogP contribution in [0.5, 0.6) is 0 Å². The zero-order chi connectivity index (χ0) is 19.6. The molecule has 1 aromatic carbocycles. The molecule has 3 rings (SSSR count). The molecule has 0 saturated carbocycles. The fourth-order valence-corrected chi connectivity index (χ4v) is 2.81. The predicted octanol–water partition coefficient (Wildman–Crippen LogP) is 2.17. The number of nitrogens with zero attached hydrogens (tertiary/aromatic N) is 5. The van der Waals surface area contributed by atoms with Crippen LogP contribution < -0.4 is 10.2 Å². The Morgan fingerprint density at radius 3 is 2.37 bits per heavy atom. The third-order valence-electron chi connectivity index (χ3n) is 4.29. The van der Waals surface area contributed by atoms with E-state index in [2.05, 4.69) is 20.2 Å². The van der Waals surface area contributed by atoms with Crippen LogP contribution in [0.1, 0.15) is 5.56 Å². The van der Waals surface area contributed by atoms with Gasteiger partial charge in [-0.05, 0) is 24.7 Å². The van der Waals surface area contributed by atoms with Crippen LogP contribution in [0.25, 0.3) is 0 Å². The number of rotatable bonds is 5. The number of hydrogen-bond donors (Lipinski definition) is 1. The quantitative estimate of drug-likeness (QED) is 0.482. The lowest BCUT2D eigenvalue weighted by Crippen LogP contribution is -2.45. The van der Waals surface area contributed by atoms with Crippen molar-refractivity contribution in [1.29, 1.82) is 0 Å². The summed E-state index contributed by atoms with van der Waals surface area (Å²) in [6, 6.07) is 1.64. The highest BCUT2D eigenvalue weighted by Crippen LogP contribution is 2.32. The van der Waals surface area contributed by atoms with Gasteiger partial charge in [-0.25, -0.2) is 23.1 Å². The minimum atomic E-state index is -1.57. The van der Waals surface area contributed by atoms with Crippen molar-refractivity contribution >= 4 is 17.3 Å². The van der Waals surface area contributed by atoms with Gasteiger partial charge in [0.05, 0.1) is 4.92 Å². The van der Waals surface area contributed by atoms with Crippen LogP contribution >= 0.6 is 0 Å². The van der Waals surface area contributed by atoms with Crippen LogP contribution in [0.15, 0.2) is 18.5 Å². The molecule has 0 radical (unpaired) electrons. The minimum absolute atomic E-state index is 0.0749. The molecule has 0 atom stereocenters. The van der Waals surface area contributed by atoms with Crippen molar-refractivity contribution in [3.63, 3.8) is 0 Å². The number of likely N-dealkylation sites (N-methyl/N-ethyl adjacent to an activating group) is 1. The average Bonchev–Trinajstić information content (AvgIpc) is 2.64. The Hall–Kier alpha value is -2.95. The van der Waals surface area contributed by atoms with Crippen molar-refractivity contribution < 1.29 is 18.1 Å². The van der Waals surface area contributed by atoms with Crippen molar-refractivity contribution in [2.45, 2.75) is 6.54 Å². The fourth-order valence-electron chi connectivity index (χ4n) is 2.81. The first-order valence-electron chi connectivity index (χ1n) is 8.17. The molecular formula is C16H17F3N6O2. The highest BCUT2D eigenvalue weighted by molar-refractivity contribution is 5.70. The number of aromatic nitrogens is 2. The maximum Gasteiger partial charge on any atom is 0.353 e. The first kappa shape index (κ1) is 18.8. The van der Waals surface area contributed by atoms with Crippen molar-refractivity contribution in [2.24, 2.45) is 0 Å². The lowest BCUT2D eigenvalue weighted by Gasteiger charge is -2.32. The Morgan fingerprint density at radius 2 is 1.78 bits per heavy atom. The van der Waals surface area contributed by atoms with Gasteiger partial charge < -0.3 is 15.1 Å². The Morgan fingerprint density at radius 1 is 1.15 bits per heavy atom. The Balaban J connectivity index is 1.85. The van der Waals surface area contributed by atoms with Gasteiger partial charge in [-0.15, -0.1) is 0 Å². The summed E-state index contributed by atoms with van der Waals surface area (Å²) >= 11 is 0. The molecule has 0 amide bonds. The molecule has 1 aromatic heterocycles. The maximum absolute atomic E-state index is 13.3. The third kappa shape index (κ3) is 4.08. The summed E-state index contributed by atoms with van der Waals surface area (Å²) in [4.78, 5) is 22.8. The molecule has 1 saturated heterocycles. The van der Waals surface area contributed by atoms with E-state index in [1.165, 1.54) is 6.33 Å². The Bertz CT molecular complexity index is 835. The molecular weight excluding hydrogens is 365 g/mol. The second-order valence-corrected chi connectivity index (χ2v) is 6.17. The van der Waals surface area contributed by atoms with Gasteiger partial charge in [0.2, 0.25) is 11.6 Å². The zero-order valence-corrected chi connectivity index (χ0v) is 14.5. The summed E-state index contributed by atoms with van der Waals surface area (Å²) in [5.74, 6) is -4.12. The number of hydrogen-bond acceptors (Lipinski definition) is 7. The van der Waals surface area contributed by atoms with E-state index in [1.807, 2.05) is 7.05 Å². The minimum Gasteiger partial charge on any atom is -0.360 e. The topological polar surface area (TPSA) is 87.4 Å². The first-order chi connectivity index (χ1) is 12.9. The Kier molecular flexibility index (Phi) is 5.40. The standard InChI is InChI=1S/C16H17F3N6O2/c1-23-2-4-24(5-3-23)16-14(25(26)27)15(21-9-22-16)20-8-10-6-11(17)13(19)12(18)7-10/h6-7,9H,2-5,8H2,1H3,(H,20,21,22). The van der Waals surface area contributed by atoms with E-state index in [0.717, 1.165) is 25.2 Å². The normalized spacial score (nSPS) is 15.0. The van der Waals surface area contributed by atoms with Gasteiger partial charge >= 0.3 is 5.69 Å². The van der Waals surface area contributed by atoms with E-state index in [4.69, 9.17) is 0 Å². The van der Waals surface area contributed by atoms with Crippen molar-refractivity contribution in [1.82, 2.24) is 14.9 Å². The van der Waals surface area contributed by atoms with Gasteiger partial charge in [-0.1, -0.05) is 0 Å². The number of benzene rings is 1. The van der Waals surface area contributed by atoms with Crippen LogP contribution in [0.2, 0.25) is 0 Å². The average molecular weight is 382 g/mol. The second-order valence-electron chi connectivity index (χ2n) is 6.17. The zero-order valence-electron chi connectivity index (χ0n) is 14.5. The number of halogens is 3. The molecule has 0 bridgehead atoms. The summed E-state index contributed by atoms with van der Waals surface area (Å²) in [5.41, 5.74) is -0.231. The fraction of sp³-hybridized carbons (Fsp3) is 0.375. The molecule has 11 heteroatoms. The molecule has 0 unspecified atom stereocenters. The summed E-state index contributed by atoms with van der Waals surface area (Å²) in [7, 11) is 1.96. The number of anilines is 2. The van der Waals surface area contributed by atoms with Gasteiger partial charge in [0.1, 0.15) is 6.33 Å². The SMILES string of the molecule is CN1CCN(c2ncnc(NCc3cc(F)c(F)c(F)c3)c2[N+](=O)[O-])CC1. The summed E-state index contributed by atoms with van der Waals surface area (Å²) in [5, 5.41) is 14.3. The predicted molar refractivity (Wildman–Crippen MR) is 92.0 cm³/mol.